The molecule has 0 amide bonds. The SMILES string of the molecule is CC(C)(Cc1ccc2ccccc2c1)NCC(O)COc1ccc(N(Cc2ccccc2)S(C)(=O)=O)cc1C#N. The van der Waals surface area contributed by atoms with Gasteiger partial charge in [-0.1, -0.05) is 72.8 Å². The van der Waals surface area contributed by atoms with Gasteiger partial charge in [-0.2, -0.15) is 5.26 Å². The van der Waals surface area contributed by atoms with Crippen LogP contribution < -0.4 is 14.4 Å². The third-order valence-electron chi connectivity index (χ3n) is 6.65. The summed E-state index contributed by atoms with van der Waals surface area (Å²) in [5, 5.41) is 26.1. The Morgan fingerprint density at radius 2 is 1.65 bits per heavy atom. The Kier molecular flexibility index (Phi) is 9.10. The number of nitrogens with one attached hydrogen (secondary N) is 1. The number of anilines is 1. The molecule has 4 aromatic carbocycles. The van der Waals surface area contributed by atoms with Gasteiger partial charge in [0, 0.05) is 12.1 Å². The zero-order valence-corrected chi connectivity index (χ0v) is 23.9. The lowest BCUT2D eigenvalue weighted by molar-refractivity contribution is 0.0987. The summed E-state index contributed by atoms with van der Waals surface area (Å²) >= 11 is 0. The van der Waals surface area contributed by atoms with Crippen LogP contribution in [0.2, 0.25) is 0 Å². The van der Waals surface area contributed by atoms with E-state index in [9.17, 15) is 18.8 Å². The van der Waals surface area contributed by atoms with E-state index in [0.29, 0.717) is 12.2 Å². The van der Waals surface area contributed by atoms with E-state index in [4.69, 9.17) is 4.74 Å². The molecule has 0 bridgehead atoms. The summed E-state index contributed by atoms with van der Waals surface area (Å²) in [6.07, 6.45) is 1.11. The Labute approximate surface area is 236 Å². The van der Waals surface area contributed by atoms with Gasteiger partial charge >= 0.3 is 0 Å². The number of aliphatic hydroxyl groups excluding tert-OH is 1. The van der Waals surface area contributed by atoms with Gasteiger partial charge in [0.2, 0.25) is 10.0 Å². The number of aliphatic hydroxyl groups is 1. The lowest BCUT2D eigenvalue weighted by atomic mass is 9.93. The van der Waals surface area contributed by atoms with Crippen LogP contribution in [0.25, 0.3) is 10.8 Å². The third-order valence-corrected chi connectivity index (χ3v) is 7.79. The Bertz CT molecular complexity index is 1600. The summed E-state index contributed by atoms with van der Waals surface area (Å²) in [7, 11) is -3.60. The monoisotopic (exact) mass is 557 g/mol. The topological polar surface area (TPSA) is 103 Å². The average molecular weight is 558 g/mol. The second-order valence-corrected chi connectivity index (χ2v) is 12.5. The van der Waals surface area contributed by atoms with E-state index in [1.807, 2.05) is 42.5 Å². The molecule has 7 nitrogen and oxygen atoms in total. The summed E-state index contributed by atoms with van der Waals surface area (Å²) in [5.74, 6) is 0.286. The van der Waals surface area contributed by atoms with E-state index in [-0.39, 0.29) is 30.0 Å². The maximum absolute atomic E-state index is 12.5. The van der Waals surface area contributed by atoms with Gasteiger partial charge in [0.15, 0.2) is 0 Å². The van der Waals surface area contributed by atoms with Crippen molar-refractivity contribution in [3.63, 3.8) is 0 Å². The number of sulfonamides is 1. The summed E-state index contributed by atoms with van der Waals surface area (Å²) in [5.41, 5.74) is 2.32. The lowest BCUT2D eigenvalue weighted by Crippen LogP contribution is -2.46. The second-order valence-electron chi connectivity index (χ2n) is 10.6. The number of nitriles is 1. The summed E-state index contributed by atoms with van der Waals surface area (Å²) in [4.78, 5) is 0. The number of fused-ring (bicyclic) bond motifs is 1. The number of rotatable bonds is 12. The molecule has 0 heterocycles. The summed E-state index contributed by atoms with van der Waals surface area (Å²) in [6.45, 7) is 4.60. The number of hydrogen-bond donors (Lipinski definition) is 2. The molecule has 0 saturated carbocycles. The number of nitrogens with zero attached hydrogens (tertiary/aromatic N) is 2. The van der Waals surface area contributed by atoms with Crippen LogP contribution in [0.15, 0.2) is 91.0 Å². The van der Waals surface area contributed by atoms with Crippen LogP contribution in [0.3, 0.4) is 0 Å². The van der Waals surface area contributed by atoms with Crippen LogP contribution >= 0.6 is 0 Å². The van der Waals surface area contributed by atoms with Crippen molar-refractivity contribution in [1.29, 1.82) is 5.26 Å². The average Bonchev–Trinajstić information content (AvgIpc) is 2.93. The predicted octanol–water partition coefficient (Wildman–Crippen LogP) is 5.03. The molecule has 0 saturated heterocycles. The largest absolute Gasteiger partial charge is 0.489 e. The molecule has 0 spiro atoms. The van der Waals surface area contributed by atoms with Gasteiger partial charge in [0.05, 0.1) is 24.1 Å². The van der Waals surface area contributed by atoms with Gasteiger partial charge in [0.1, 0.15) is 24.5 Å². The third kappa shape index (κ3) is 7.82. The van der Waals surface area contributed by atoms with Crippen LogP contribution in [-0.4, -0.2) is 44.6 Å². The molecule has 0 aliphatic carbocycles. The predicted molar refractivity (Wildman–Crippen MR) is 160 cm³/mol. The number of ether oxygens (including phenoxy) is 1. The van der Waals surface area contributed by atoms with Crippen LogP contribution in [0, 0.1) is 11.3 Å². The normalized spacial score (nSPS) is 12.6. The zero-order chi connectivity index (χ0) is 28.8. The molecule has 1 atom stereocenters. The van der Waals surface area contributed by atoms with E-state index in [0.717, 1.165) is 18.2 Å². The molecule has 0 aliphatic rings. The highest BCUT2D eigenvalue weighted by Crippen LogP contribution is 2.28. The number of β-amino-alcohol motifs (C(OH)–C–C–N with tert-alkyl or cyclic N) is 1. The minimum atomic E-state index is -3.60. The molecular formula is C32H35N3O4S. The fourth-order valence-electron chi connectivity index (χ4n) is 4.60. The Balaban J connectivity index is 1.36. The van der Waals surface area contributed by atoms with Crippen molar-refractivity contribution >= 4 is 26.5 Å². The van der Waals surface area contributed by atoms with Crippen molar-refractivity contribution < 1.29 is 18.3 Å². The van der Waals surface area contributed by atoms with Crippen molar-refractivity contribution in [2.45, 2.75) is 38.5 Å². The standard InChI is InChI=1S/C32H35N3O4S/c1-32(2,19-25-13-14-26-11-7-8-12-27(26)17-25)34-21-30(36)23-39-31-16-15-29(18-28(31)20-33)35(40(3,37)38)22-24-9-5-4-6-10-24/h4-18,30,34,36H,19,21-23H2,1-3H3. The first-order valence-electron chi connectivity index (χ1n) is 13.1. The maximum Gasteiger partial charge on any atom is 0.232 e. The van der Waals surface area contributed by atoms with E-state index in [1.165, 1.54) is 26.7 Å². The zero-order valence-electron chi connectivity index (χ0n) is 23.0. The van der Waals surface area contributed by atoms with Crippen molar-refractivity contribution in [2.24, 2.45) is 0 Å². The molecular weight excluding hydrogens is 522 g/mol. The van der Waals surface area contributed by atoms with Gasteiger partial charge < -0.3 is 15.2 Å². The minimum Gasteiger partial charge on any atom is -0.489 e. The number of benzene rings is 4. The summed E-state index contributed by atoms with van der Waals surface area (Å²) in [6, 6.07) is 30.7. The van der Waals surface area contributed by atoms with Crippen molar-refractivity contribution in [1.82, 2.24) is 5.32 Å². The van der Waals surface area contributed by atoms with Gasteiger partial charge in [-0.15, -0.1) is 0 Å². The van der Waals surface area contributed by atoms with Gasteiger partial charge in [-0.3, -0.25) is 4.31 Å². The van der Waals surface area contributed by atoms with Gasteiger partial charge in [-0.25, -0.2) is 8.42 Å². The maximum atomic E-state index is 12.5. The molecule has 1 unspecified atom stereocenters. The summed E-state index contributed by atoms with van der Waals surface area (Å²) < 4.78 is 32.1. The van der Waals surface area contributed by atoms with Crippen LogP contribution in [-0.2, 0) is 23.0 Å². The second kappa shape index (κ2) is 12.5. The highest BCUT2D eigenvalue weighted by molar-refractivity contribution is 7.92. The van der Waals surface area contributed by atoms with E-state index >= 15 is 0 Å². The molecule has 0 fully saturated rings. The van der Waals surface area contributed by atoms with Crippen molar-refractivity contribution in [2.75, 3.05) is 23.7 Å². The molecule has 4 rings (SSSR count). The molecule has 2 N–H and O–H groups in total. The van der Waals surface area contributed by atoms with E-state index < -0.39 is 16.1 Å². The highest BCUT2D eigenvalue weighted by atomic mass is 32.2. The minimum absolute atomic E-state index is 0.0209. The smallest absolute Gasteiger partial charge is 0.232 e. The Morgan fingerprint density at radius 3 is 2.35 bits per heavy atom. The van der Waals surface area contributed by atoms with E-state index in [2.05, 4.69) is 55.6 Å². The first kappa shape index (κ1) is 29.1. The van der Waals surface area contributed by atoms with Crippen molar-refractivity contribution in [3.05, 3.63) is 108 Å². The Hall–Kier alpha value is -3.90. The van der Waals surface area contributed by atoms with Gasteiger partial charge in [-0.05, 0) is 60.4 Å². The highest BCUT2D eigenvalue weighted by Gasteiger charge is 2.22. The van der Waals surface area contributed by atoms with Crippen molar-refractivity contribution in [3.8, 4) is 11.8 Å². The molecule has 8 heteroatoms. The molecule has 0 aromatic heterocycles. The first-order valence-corrected chi connectivity index (χ1v) is 15.0. The molecule has 40 heavy (non-hydrogen) atoms. The molecule has 0 radical (unpaired) electrons. The van der Waals surface area contributed by atoms with E-state index in [1.54, 1.807) is 12.1 Å². The fourth-order valence-corrected chi connectivity index (χ4v) is 5.48. The Morgan fingerprint density at radius 1 is 0.950 bits per heavy atom. The number of hydrogen-bond acceptors (Lipinski definition) is 6. The fraction of sp³-hybridized carbons (Fsp3) is 0.281. The molecule has 4 aromatic rings. The lowest BCUT2D eigenvalue weighted by Gasteiger charge is -2.28. The quantitative estimate of drug-likeness (QED) is 0.253. The molecule has 0 aliphatic heterocycles. The molecule has 208 valence electrons. The van der Waals surface area contributed by atoms with Crippen LogP contribution in [0.1, 0.15) is 30.5 Å². The first-order chi connectivity index (χ1) is 19.0. The van der Waals surface area contributed by atoms with Crippen LogP contribution in [0.4, 0.5) is 5.69 Å². The van der Waals surface area contributed by atoms with Crippen LogP contribution in [0.5, 0.6) is 5.75 Å². The van der Waals surface area contributed by atoms with Gasteiger partial charge in [0.25, 0.3) is 0 Å².